The molecule has 0 atom stereocenters. The van der Waals surface area contributed by atoms with Crippen LogP contribution in [0.2, 0.25) is 0 Å². The average molecular weight is 344 g/mol. The van der Waals surface area contributed by atoms with Crippen LogP contribution >= 0.6 is 11.3 Å². The maximum atomic E-state index is 12.5. The summed E-state index contributed by atoms with van der Waals surface area (Å²) in [5.74, 6) is 0.205. The Balaban J connectivity index is 1.48. The fraction of sp³-hybridized carbons (Fsp3) is 0.444. The van der Waals surface area contributed by atoms with Gasteiger partial charge in [-0.05, 0) is 31.7 Å². The number of piperazine rings is 1. The molecule has 0 saturated carbocycles. The summed E-state index contributed by atoms with van der Waals surface area (Å²) in [4.78, 5) is 23.1. The quantitative estimate of drug-likeness (QED) is 0.834. The van der Waals surface area contributed by atoms with Crippen molar-refractivity contribution >= 4 is 22.9 Å². The molecule has 0 spiro atoms. The largest absolute Gasteiger partial charge is 0.368 e. The average Bonchev–Trinajstić information content (AvgIpc) is 3.07. The highest BCUT2D eigenvalue weighted by Gasteiger charge is 2.22. The van der Waals surface area contributed by atoms with Gasteiger partial charge in [0.1, 0.15) is 0 Å². The minimum Gasteiger partial charge on any atom is -0.368 e. The standard InChI is InChI=1S/C18H24N4OS/c1-15-4-3-5-17(10-15)21-6-8-22(9-7-21)18(23)12-20(2)11-16-13-24-14-19-16/h3-5,10,13-14H,6-9,11-12H2,1-2H3. The van der Waals surface area contributed by atoms with E-state index in [1.165, 1.54) is 11.3 Å². The number of hydrogen-bond donors (Lipinski definition) is 0. The van der Waals surface area contributed by atoms with E-state index in [1.54, 1.807) is 11.3 Å². The molecule has 0 aliphatic carbocycles. The van der Waals surface area contributed by atoms with E-state index in [-0.39, 0.29) is 5.91 Å². The molecule has 0 unspecified atom stereocenters. The zero-order chi connectivity index (χ0) is 16.9. The van der Waals surface area contributed by atoms with E-state index >= 15 is 0 Å². The Hall–Kier alpha value is -1.92. The van der Waals surface area contributed by atoms with Gasteiger partial charge in [-0.25, -0.2) is 4.98 Å². The molecule has 0 bridgehead atoms. The van der Waals surface area contributed by atoms with Crippen molar-refractivity contribution in [2.75, 3.05) is 44.7 Å². The van der Waals surface area contributed by atoms with Crippen molar-refractivity contribution in [1.82, 2.24) is 14.8 Å². The molecular formula is C18H24N4OS. The molecular weight excluding hydrogens is 320 g/mol. The van der Waals surface area contributed by atoms with Crippen LogP contribution in [0.15, 0.2) is 35.2 Å². The number of nitrogens with zero attached hydrogens (tertiary/aromatic N) is 4. The number of benzene rings is 1. The maximum absolute atomic E-state index is 12.5. The minimum absolute atomic E-state index is 0.205. The summed E-state index contributed by atoms with van der Waals surface area (Å²) in [7, 11) is 1.97. The van der Waals surface area contributed by atoms with Crippen molar-refractivity contribution in [2.24, 2.45) is 0 Å². The molecule has 1 aliphatic heterocycles. The van der Waals surface area contributed by atoms with Crippen LogP contribution in [-0.2, 0) is 11.3 Å². The van der Waals surface area contributed by atoms with Crippen LogP contribution in [0.1, 0.15) is 11.3 Å². The SMILES string of the molecule is Cc1cccc(N2CCN(C(=O)CN(C)Cc3cscn3)CC2)c1. The number of likely N-dealkylation sites (N-methyl/N-ethyl adjacent to an activating group) is 1. The highest BCUT2D eigenvalue weighted by molar-refractivity contribution is 7.07. The second-order valence-electron chi connectivity index (χ2n) is 6.36. The second kappa shape index (κ2) is 7.77. The zero-order valence-corrected chi connectivity index (χ0v) is 15.1. The summed E-state index contributed by atoms with van der Waals surface area (Å²) in [6.45, 7) is 6.65. The summed E-state index contributed by atoms with van der Waals surface area (Å²) in [5.41, 5.74) is 5.38. The van der Waals surface area contributed by atoms with E-state index < -0.39 is 0 Å². The molecule has 2 aromatic rings. The lowest BCUT2D eigenvalue weighted by Crippen LogP contribution is -2.51. The van der Waals surface area contributed by atoms with E-state index in [0.29, 0.717) is 6.54 Å². The summed E-state index contributed by atoms with van der Waals surface area (Å²) in [5, 5.41) is 2.03. The Kier molecular flexibility index (Phi) is 5.48. The molecule has 24 heavy (non-hydrogen) atoms. The molecule has 2 heterocycles. The fourth-order valence-corrected chi connectivity index (χ4v) is 3.57. The van der Waals surface area contributed by atoms with Crippen LogP contribution in [0, 0.1) is 6.92 Å². The van der Waals surface area contributed by atoms with Crippen LogP contribution in [0.3, 0.4) is 0 Å². The lowest BCUT2D eigenvalue weighted by molar-refractivity contribution is -0.132. The first-order valence-corrected chi connectivity index (χ1v) is 9.21. The third-order valence-corrected chi connectivity index (χ3v) is 4.96. The zero-order valence-electron chi connectivity index (χ0n) is 14.3. The molecule has 6 heteroatoms. The van der Waals surface area contributed by atoms with Crippen LogP contribution in [0.5, 0.6) is 0 Å². The second-order valence-corrected chi connectivity index (χ2v) is 7.08. The van der Waals surface area contributed by atoms with Gasteiger partial charge < -0.3 is 9.80 Å². The Labute approximate surface area is 147 Å². The van der Waals surface area contributed by atoms with Gasteiger partial charge in [-0.2, -0.15) is 0 Å². The molecule has 128 valence electrons. The third-order valence-electron chi connectivity index (χ3n) is 4.32. The van der Waals surface area contributed by atoms with Crippen LogP contribution < -0.4 is 4.90 Å². The van der Waals surface area contributed by atoms with E-state index in [9.17, 15) is 4.79 Å². The molecule has 0 N–H and O–H groups in total. The number of amides is 1. The topological polar surface area (TPSA) is 39.7 Å². The molecule has 1 aliphatic rings. The van der Waals surface area contributed by atoms with Crippen LogP contribution in [0.25, 0.3) is 0 Å². The van der Waals surface area contributed by atoms with Gasteiger partial charge in [-0.15, -0.1) is 11.3 Å². The van der Waals surface area contributed by atoms with Gasteiger partial charge in [0.15, 0.2) is 0 Å². The number of anilines is 1. The highest BCUT2D eigenvalue weighted by Crippen LogP contribution is 2.18. The molecule has 1 aromatic heterocycles. The van der Waals surface area contributed by atoms with Crippen molar-refractivity contribution in [3.8, 4) is 0 Å². The van der Waals surface area contributed by atoms with Gasteiger partial charge in [0.25, 0.3) is 0 Å². The van der Waals surface area contributed by atoms with Gasteiger partial charge in [0, 0.05) is 43.8 Å². The van der Waals surface area contributed by atoms with Crippen molar-refractivity contribution in [3.63, 3.8) is 0 Å². The summed E-state index contributed by atoms with van der Waals surface area (Å²) in [6, 6.07) is 8.56. The molecule has 5 nitrogen and oxygen atoms in total. The fourth-order valence-electron chi connectivity index (χ4n) is 3.02. The number of aromatic nitrogens is 1. The number of aryl methyl sites for hydroxylation is 1. The summed E-state index contributed by atoms with van der Waals surface area (Å²) < 4.78 is 0. The van der Waals surface area contributed by atoms with Gasteiger partial charge in [-0.1, -0.05) is 12.1 Å². The predicted octanol–water partition coefficient (Wildman–Crippen LogP) is 2.23. The Bertz CT molecular complexity index is 665. The Morgan fingerprint density at radius 1 is 1.29 bits per heavy atom. The van der Waals surface area contributed by atoms with Crippen molar-refractivity contribution < 1.29 is 4.79 Å². The summed E-state index contributed by atoms with van der Waals surface area (Å²) >= 11 is 1.59. The van der Waals surface area contributed by atoms with Gasteiger partial charge in [0.2, 0.25) is 5.91 Å². The van der Waals surface area contributed by atoms with E-state index in [4.69, 9.17) is 0 Å². The van der Waals surface area contributed by atoms with Gasteiger partial charge >= 0.3 is 0 Å². The number of rotatable bonds is 5. The molecule has 3 rings (SSSR count). The normalized spacial score (nSPS) is 15.1. The number of carbonyl (C=O) groups excluding carboxylic acids is 1. The maximum Gasteiger partial charge on any atom is 0.236 e. The third kappa shape index (κ3) is 4.33. The summed E-state index contributed by atoms with van der Waals surface area (Å²) in [6.07, 6.45) is 0. The monoisotopic (exact) mass is 344 g/mol. The first kappa shape index (κ1) is 16.9. The number of carbonyl (C=O) groups is 1. The van der Waals surface area contributed by atoms with Crippen LogP contribution in [0.4, 0.5) is 5.69 Å². The Morgan fingerprint density at radius 3 is 2.75 bits per heavy atom. The molecule has 1 aromatic carbocycles. The van der Waals surface area contributed by atoms with E-state index in [2.05, 4.69) is 41.1 Å². The lowest BCUT2D eigenvalue weighted by Gasteiger charge is -2.36. The van der Waals surface area contributed by atoms with Crippen molar-refractivity contribution in [3.05, 3.63) is 46.4 Å². The predicted molar refractivity (Wildman–Crippen MR) is 98.4 cm³/mol. The van der Waals surface area contributed by atoms with Gasteiger partial charge in [-0.3, -0.25) is 9.69 Å². The lowest BCUT2D eigenvalue weighted by atomic mass is 10.2. The Morgan fingerprint density at radius 2 is 2.08 bits per heavy atom. The highest BCUT2D eigenvalue weighted by atomic mass is 32.1. The van der Waals surface area contributed by atoms with Gasteiger partial charge in [0.05, 0.1) is 17.7 Å². The smallest absolute Gasteiger partial charge is 0.236 e. The first-order valence-electron chi connectivity index (χ1n) is 8.27. The van der Waals surface area contributed by atoms with Crippen molar-refractivity contribution in [2.45, 2.75) is 13.5 Å². The molecule has 1 amide bonds. The first-order chi connectivity index (χ1) is 11.6. The van der Waals surface area contributed by atoms with Crippen molar-refractivity contribution in [1.29, 1.82) is 0 Å². The molecule has 1 saturated heterocycles. The van der Waals surface area contributed by atoms with E-state index in [1.807, 2.05) is 27.7 Å². The van der Waals surface area contributed by atoms with E-state index in [0.717, 1.165) is 38.4 Å². The number of thiazole rings is 1. The molecule has 0 radical (unpaired) electrons. The number of hydrogen-bond acceptors (Lipinski definition) is 5. The van der Waals surface area contributed by atoms with Crippen LogP contribution in [-0.4, -0.2) is 60.5 Å². The minimum atomic E-state index is 0.205. The molecule has 1 fully saturated rings.